The molecule has 0 heterocycles. The molecular formula is H24N6O11P2S. The Balaban J connectivity index is -0.0000000199. The van der Waals surface area contributed by atoms with Crippen LogP contribution in [0.2, 0.25) is 0 Å². The van der Waals surface area contributed by atoms with Crippen molar-refractivity contribution in [3.8, 4) is 0 Å². The highest BCUT2D eigenvalue weighted by Gasteiger charge is 2.27. The van der Waals surface area contributed by atoms with E-state index in [1.807, 2.05) is 0 Å². The first-order chi connectivity index (χ1) is 5.71. The topological polar surface area (TPSA) is 409 Å². The lowest BCUT2D eigenvalue weighted by Crippen LogP contribution is -1.89. The molecule has 0 radical (unpaired) electrons. The minimum Gasteiger partial charge on any atom is -0.344 e. The lowest BCUT2D eigenvalue weighted by atomic mass is 14.0. The zero-order valence-corrected chi connectivity index (χ0v) is 12.9. The summed E-state index contributed by atoms with van der Waals surface area (Å²) in [7, 11) is -14.8. The van der Waals surface area contributed by atoms with E-state index in [2.05, 4.69) is 4.31 Å². The Morgan fingerprint density at radius 2 is 0.750 bits per heavy atom. The van der Waals surface area contributed by atoms with Crippen LogP contribution in [0.15, 0.2) is 0 Å². The van der Waals surface area contributed by atoms with Crippen molar-refractivity contribution < 1.29 is 50.5 Å². The highest BCUT2D eigenvalue weighted by molar-refractivity contribution is 7.79. The zero-order valence-electron chi connectivity index (χ0n) is 10.3. The summed E-state index contributed by atoms with van der Waals surface area (Å²) >= 11 is 0. The van der Waals surface area contributed by atoms with Gasteiger partial charge in [-0.15, -0.1) is 0 Å². The molecule has 20 heavy (non-hydrogen) atoms. The largest absolute Gasteiger partial charge is 0.478 e. The average Bonchev–Trinajstić information content (AvgIpc) is 1.42. The first-order valence-corrected chi connectivity index (χ1v) is 6.69. The standard InChI is InChI=1S/6H3N.H4O7P2.H2O4S/c;;;;;;1-8(2,3)7-9(4,5)6;1-5(2,3)4/h6*1H3;(H2,1,2,3)(H2,4,5,6);(H2,1,2,3,4). The lowest BCUT2D eigenvalue weighted by Gasteiger charge is -2.03. The number of rotatable bonds is 2. The molecule has 0 aliphatic heterocycles. The smallest absolute Gasteiger partial charge is 0.344 e. The van der Waals surface area contributed by atoms with Crippen LogP contribution in [-0.4, -0.2) is 37.1 Å². The molecule has 0 aromatic rings. The molecule has 20 heteroatoms. The molecule has 0 unspecified atom stereocenters. The summed E-state index contributed by atoms with van der Waals surface area (Å²) in [6, 6.07) is 0. The van der Waals surface area contributed by atoms with Crippen LogP contribution in [0.1, 0.15) is 0 Å². The van der Waals surface area contributed by atoms with E-state index in [1.54, 1.807) is 0 Å². The second kappa shape index (κ2) is 16.9. The van der Waals surface area contributed by atoms with Gasteiger partial charge < -0.3 is 56.5 Å². The molecule has 0 saturated heterocycles. The Kier molecular flexibility index (Phi) is 42.5. The average molecular weight is 378 g/mol. The van der Waals surface area contributed by atoms with Crippen molar-refractivity contribution in [2.75, 3.05) is 0 Å². The first-order valence-electron chi connectivity index (χ1n) is 2.23. The number of phosphoric acid groups is 2. The van der Waals surface area contributed by atoms with Crippen LogP contribution in [0.3, 0.4) is 0 Å². The Bertz CT molecular complexity index is 325. The fourth-order valence-corrected chi connectivity index (χ4v) is 1.25. The van der Waals surface area contributed by atoms with Crippen molar-refractivity contribution in [3.05, 3.63) is 0 Å². The summed E-state index contributed by atoms with van der Waals surface area (Å²) < 4.78 is 53.8. The minimum atomic E-state index is -5.05. The van der Waals surface area contributed by atoms with E-state index in [0.717, 1.165) is 0 Å². The van der Waals surface area contributed by atoms with E-state index in [1.165, 1.54) is 0 Å². The second-order valence-electron chi connectivity index (χ2n) is 1.51. The van der Waals surface area contributed by atoms with Gasteiger partial charge in [0.25, 0.3) is 0 Å². The maximum absolute atomic E-state index is 9.63. The molecule has 0 atom stereocenters. The van der Waals surface area contributed by atoms with Crippen molar-refractivity contribution in [2.45, 2.75) is 0 Å². The van der Waals surface area contributed by atoms with Crippen LogP contribution in [0, 0.1) is 0 Å². The van der Waals surface area contributed by atoms with Gasteiger partial charge in [-0.2, -0.15) is 12.7 Å². The normalized spacial score (nSPS) is 9.10. The molecule has 0 aliphatic carbocycles. The third-order valence-corrected chi connectivity index (χ3v) is 1.91. The molecule has 0 spiro atoms. The van der Waals surface area contributed by atoms with Crippen LogP contribution < -0.4 is 36.9 Å². The second-order valence-corrected chi connectivity index (χ2v) is 5.02. The van der Waals surface area contributed by atoms with Gasteiger partial charge in [0, 0.05) is 0 Å². The van der Waals surface area contributed by atoms with E-state index in [9.17, 15) is 9.13 Å². The summed E-state index contributed by atoms with van der Waals surface area (Å²) in [5, 5.41) is 0. The number of hydrogen-bond acceptors (Lipinski definition) is 11. The molecule has 0 aliphatic rings. The highest BCUT2D eigenvalue weighted by atomic mass is 32.3. The molecule has 0 aromatic carbocycles. The van der Waals surface area contributed by atoms with Crippen molar-refractivity contribution in [3.63, 3.8) is 0 Å². The van der Waals surface area contributed by atoms with Gasteiger partial charge in [-0.25, -0.2) is 9.13 Å². The summed E-state index contributed by atoms with van der Waals surface area (Å²) in [5.74, 6) is 0. The van der Waals surface area contributed by atoms with Gasteiger partial charge in [0.2, 0.25) is 0 Å². The molecule has 0 aromatic heterocycles. The van der Waals surface area contributed by atoms with Crippen LogP contribution >= 0.6 is 15.6 Å². The fraction of sp³-hybridized carbons (Fsp3) is 0. The fourth-order valence-electron chi connectivity index (χ4n) is 0.139. The van der Waals surface area contributed by atoms with Crippen molar-refractivity contribution >= 4 is 26.0 Å². The monoisotopic (exact) mass is 378 g/mol. The molecule has 24 N–H and O–H groups in total. The maximum atomic E-state index is 9.63. The molecule has 0 rings (SSSR count). The summed E-state index contributed by atoms with van der Waals surface area (Å²) in [6.45, 7) is 0. The molecule has 136 valence electrons. The minimum absolute atomic E-state index is 0. The molecule has 17 nitrogen and oxygen atoms in total. The van der Waals surface area contributed by atoms with Gasteiger partial charge in [0.05, 0.1) is 0 Å². The SMILES string of the molecule is N.N.N.N.N.N.O=P(O)(O)OP(=O)(O)O.O=S(=O)(O)O. The Labute approximate surface area is 114 Å². The molecule has 0 fully saturated rings. The van der Waals surface area contributed by atoms with Crippen molar-refractivity contribution in [2.24, 2.45) is 0 Å². The Morgan fingerprint density at radius 1 is 0.650 bits per heavy atom. The summed E-state index contributed by atoms with van der Waals surface area (Å²) in [5.41, 5.74) is 0. The van der Waals surface area contributed by atoms with Crippen LogP contribution in [0.4, 0.5) is 0 Å². The van der Waals surface area contributed by atoms with Gasteiger partial charge in [-0.05, 0) is 0 Å². The van der Waals surface area contributed by atoms with Crippen molar-refractivity contribution in [1.29, 1.82) is 0 Å². The zero-order chi connectivity index (χ0) is 12.2. The van der Waals surface area contributed by atoms with E-state index in [-0.39, 0.29) is 36.9 Å². The quantitative estimate of drug-likeness (QED) is 0.212. The van der Waals surface area contributed by atoms with Crippen LogP contribution in [0.25, 0.3) is 0 Å². The molecule has 0 amide bonds. The lowest BCUT2D eigenvalue weighted by molar-refractivity contribution is 0.225. The third-order valence-electron chi connectivity index (χ3n) is 0.213. The van der Waals surface area contributed by atoms with Crippen LogP contribution in [0.5, 0.6) is 0 Å². The Hall–Kier alpha value is -0.110. The molecule has 0 bridgehead atoms. The predicted molar refractivity (Wildman–Crippen MR) is 69.5 cm³/mol. The molecular weight excluding hydrogens is 354 g/mol. The van der Waals surface area contributed by atoms with Crippen LogP contribution in [-0.2, 0) is 23.8 Å². The molecule has 0 saturated carbocycles. The van der Waals surface area contributed by atoms with Gasteiger partial charge in [0.1, 0.15) is 0 Å². The number of hydrogen-bond donors (Lipinski definition) is 12. The summed E-state index contributed by atoms with van der Waals surface area (Å²) in [4.78, 5) is 31.0. The van der Waals surface area contributed by atoms with Gasteiger partial charge in [-0.1, -0.05) is 0 Å². The third kappa shape index (κ3) is 147. The maximum Gasteiger partial charge on any atom is 0.478 e. The summed E-state index contributed by atoms with van der Waals surface area (Å²) in [6.07, 6.45) is 0. The highest BCUT2D eigenvalue weighted by Crippen LogP contribution is 2.53. The van der Waals surface area contributed by atoms with E-state index >= 15 is 0 Å². The predicted octanol–water partition coefficient (Wildman–Crippen LogP) is -0.492. The Morgan fingerprint density at radius 3 is 0.750 bits per heavy atom. The van der Waals surface area contributed by atoms with Gasteiger partial charge in [0.15, 0.2) is 0 Å². The van der Waals surface area contributed by atoms with E-state index in [4.69, 9.17) is 37.1 Å². The van der Waals surface area contributed by atoms with Crippen molar-refractivity contribution in [1.82, 2.24) is 36.9 Å². The van der Waals surface area contributed by atoms with Gasteiger partial charge in [-0.3, -0.25) is 9.11 Å². The van der Waals surface area contributed by atoms with Gasteiger partial charge >= 0.3 is 26.0 Å². The van der Waals surface area contributed by atoms with E-state index < -0.39 is 26.0 Å². The first kappa shape index (κ1) is 50.2. The van der Waals surface area contributed by atoms with E-state index in [0.29, 0.717) is 0 Å².